The number of fused-ring (bicyclic) bond motifs is 7. The summed E-state index contributed by atoms with van der Waals surface area (Å²) in [7, 11) is 1.36. The average Bonchev–Trinajstić information content (AvgIpc) is 3.52. The zero-order chi connectivity index (χ0) is 23.9. The fourth-order valence-corrected chi connectivity index (χ4v) is 6.81. The Hall–Kier alpha value is -3.50. The van der Waals surface area contributed by atoms with E-state index in [-0.39, 0.29) is 29.1 Å². The number of rotatable bonds is 3. The Labute approximate surface area is 198 Å². The number of non-ortho nitro benzene ring substituents is 1. The highest BCUT2D eigenvalue weighted by molar-refractivity contribution is 6.31. The minimum absolute atomic E-state index is 0.0144. The molecule has 1 spiro atoms. The van der Waals surface area contributed by atoms with Crippen molar-refractivity contribution in [2.75, 3.05) is 23.9 Å². The van der Waals surface area contributed by atoms with Gasteiger partial charge in [-0.15, -0.1) is 0 Å². The Bertz CT molecular complexity index is 1310. The van der Waals surface area contributed by atoms with Gasteiger partial charge < -0.3 is 15.0 Å². The number of hydrogen-bond donors (Lipinski definition) is 2. The van der Waals surface area contributed by atoms with Crippen LogP contribution >= 0.6 is 11.6 Å². The van der Waals surface area contributed by atoms with Gasteiger partial charge in [0.15, 0.2) is 0 Å². The van der Waals surface area contributed by atoms with Gasteiger partial charge in [0.2, 0.25) is 17.4 Å². The Morgan fingerprint density at radius 1 is 1.21 bits per heavy atom. The van der Waals surface area contributed by atoms with Crippen LogP contribution in [0.15, 0.2) is 36.4 Å². The van der Waals surface area contributed by atoms with Crippen molar-refractivity contribution in [3.8, 4) is 5.75 Å². The lowest BCUT2D eigenvalue weighted by Crippen LogP contribution is -3.19. The van der Waals surface area contributed by atoms with E-state index in [0.717, 1.165) is 16.2 Å². The Balaban J connectivity index is 1.56. The summed E-state index contributed by atoms with van der Waals surface area (Å²) in [5.41, 5.74) is -0.345. The van der Waals surface area contributed by atoms with Crippen molar-refractivity contribution < 1.29 is 28.9 Å². The molecule has 4 aliphatic rings. The van der Waals surface area contributed by atoms with Gasteiger partial charge in [0, 0.05) is 35.6 Å². The second-order valence-corrected chi connectivity index (χ2v) is 9.54. The predicted octanol–water partition coefficient (Wildman–Crippen LogP) is 1.27. The van der Waals surface area contributed by atoms with Gasteiger partial charge in [-0.3, -0.25) is 24.5 Å². The van der Waals surface area contributed by atoms with Crippen molar-refractivity contribution in [1.82, 2.24) is 0 Å². The molecule has 0 saturated carbocycles. The molecular weight excluding hydrogens is 464 g/mol. The summed E-state index contributed by atoms with van der Waals surface area (Å²) < 4.78 is 5.34. The number of hydrogen-bond acceptors (Lipinski definition) is 6. The third-order valence-corrected chi connectivity index (χ3v) is 8.03. The Kier molecular flexibility index (Phi) is 4.34. The van der Waals surface area contributed by atoms with Gasteiger partial charge in [-0.2, -0.15) is 0 Å². The topological polar surface area (TPSA) is 123 Å². The molecule has 3 fully saturated rings. The molecule has 3 saturated heterocycles. The monoisotopic (exact) mass is 483 g/mol. The van der Waals surface area contributed by atoms with Gasteiger partial charge in [-0.05, 0) is 24.3 Å². The van der Waals surface area contributed by atoms with Crippen LogP contribution in [-0.4, -0.2) is 42.3 Å². The summed E-state index contributed by atoms with van der Waals surface area (Å²) in [6.45, 7) is 0.651. The molecule has 11 heteroatoms. The molecule has 0 bridgehead atoms. The molecule has 5 atom stereocenters. The van der Waals surface area contributed by atoms with Crippen molar-refractivity contribution in [3.05, 3.63) is 57.1 Å². The van der Waals surface area contributed by atoms with Gasteiger partial charge in [-0.25, -0.2) is 4.90 Å². The highest BCUT2D eigenvalue weighted by atomic mass is 35.5. The lowest BCUT2D eigenvalue weighted by Gasteiger charge is -2.33. The summed E-state index contributed by atoms with van der Waals surface area (Å²) in [6, 6.07) is 8.64. The maximum atomic E-state index is 14.0. The third-order valence-electron chi connectivity index (χ3n) is 7.79. The minimum Gasteiger partial charge on any atom is -0.495 e. The predicted molar refractivity (Wildman–Crippen MR) is 120 cm³/mol. The van der Waals surface area contributed by atoms with Crippen molar-refractivity contribution in [1.29, 1.82) is 0 Å². The number of imide groups is 1. The molecule has 10 nitrogen and oxygen atoms in total. The molecule has 34 heavy (non-hydrogen) atoms. The first-order valence-corrected chi connectivity index (χ1v) is 11.4. The first-order chi connectivity index (χ1) is 16.3. The molecule has 2 aromatic rings. The van der Waals surface area contributed by atoms with Crippen LogP contribution in [0.1, 0.15) is 18.4 Å². The maximum Gasteiger partial charge on any atom is 0.291 e. The number of benzene rings is 2. The molecule has 1 unspecified atom stereocenters. The summed E-state index contributed by atoms with van der Waals surface area (Å²) in [6.07, 6.45) is 1.51. The van der Waals surface area contributed by atoms with Gasteiger partial charge in [-0.1, -0.05) is 11.6 Å². The van der Waals surface area contributed by atoms with E-state index in [1.807, 2.05) is 0 Å². The molecule has 0 radical (unpaired) electrons. The number of halogens is 1. The Morgan fingerprint density at radius 3 is 2.74 bits per heavy atom. The molecule has 4 heterocycles. The van der Waals surface area contributed by atoms with Crippen LogP contribution in [0.5, 0.6) is 5.75 Å². The van der Waals surface area contributed by atoms with E-state index >= 15 is 0 Å². The lowest BCUT2D eigenvalue weighted by molar-refractivity contribution is -0.948. The van der Waals surface area contributed by atoms with E-state index in [4.69, 9.17) is 16.3 Å². The lowest BCUT2D eigenvalue weighted by atomic mass is 9.75. The van der Waals surface area contributed by atoms with Crippen LogP contribution in [0, 0.1) is 22.0 Å². The molecule has 4 aliphatic heterocycles. The SMILES string of the molecule is COc1ccc([N+](=O)[O-])cc1N1C(=O)[C@H]2[C@H]3CCC[NH+]3[C@@]3(C(=O)Nc4ccc(Cl)cc43)[C@@H]2C1=O. The van der Waals surface area contributed by atoms with Gasteiger partial charge in [0.05, 0.1) is 24.3 Å². The number of quaternary nitrogens is 1. The third kappa shape index (κ3) is 2.41. The second-order valence-electron chi connectivity index (χ2n) is 9.10. The van der Waals surface area contributed by atoms with Crippen molar-refractivity contribution in [3.63, 3.8) is 0 Å². The van der Waals surface area contributed by atoms with E-state index < -0.39 is 34.1 Å². The van der Waals surface area contributed by atoms with E-state index in [2.05, 4.69) is 5.32 Å². The van der Waals surface area contributed by atoms with Crippen LogP contribution in [0.3, 0.4) is 0 Å². The van der Waals surface area contributed by atoms with Crippen LogP contribution in [0.2, 0.25) is 5.02 Å². The van der Waals surface area contributed by atoms with Crippen LogP contribution in [-0.2, 0) is 19.9 Å². The van der Waals surface area contributed by atoms with E-state index in [0.29, 0.717) is 29.2 Å². The number of nitro benzene ring substituents is 1. The maximum absolute atomic E-state index is 14.0. The largest absolute Gasteiger partial charge is 0.495 e. The van der Waals surface area contributed by atoms with E-state index in [9.17, 15) is 24.5 Å². The summed E-state index contributed by atoms with van der Waals surface area (Å²) in [5, 5.41) is 14.7. The number of nitro groups is 1. The number of anilines is 2. The zero-order valence-corrected chi connectivity index (χ0v) is 18.8. The minimum atomic E-state index is -1.29. The average molecular weight is 484 g/mol. The normalized spacial score (nSPS) is 31.0. The first-order valence-electron chi connectivity index (χ1n) is 11.0. The molecule has 2 N–H and O–H groups in total. The second kappa shape index (κ2) is 7.00. The van der Waals surface area contributed by atoms with Gasteiger partial charge in [0.1, 0.15) is 29.3 Å². The number of carbonyl (C=O) groups excluding carboxylic acids is 3. The smallest absolute Gasteiger partial charge is 0.291 e. The van der Waals surface area contributed by atoms with E-state index in [1.54, 1.807) is 18.2 Å². The van der Waals surface area contributed by atoms with Crippen molar-refractivity contribution >= 4 is 46.4 Å². The summed E-state index contributed by atoms with van der Waals surface area (Å²) in [4.78, 5) is 54.2. The standard InChI is InChI=1S/C23H19ClN4O6/c1-34-17-7-5-12(28(32)33)10-16(17)27-20(29)18-15-3-2-8-26(15)23(19(18)21(27)30)13-9-11(24)4-6-14(13)25-22(23)31/h4-7,9-10,15,18-19H,2-3,8H2,1H3,(H,25,31)/p+1/t15-,18+,19+,23-/m1/s1. The first kappa shape index (κ1) is 21.1. The molecule has 2 aromatic carbocycles. The quantitative estimate of drug-likeness (QED) is 0.385. The fraction of sp³-hybridized carbons (Fsp3) is 0.348. The van der Waals surface area contributed by atoms with Crippen LogP contribution in [0.4, 0.5) is 17.1 Å². The molecule has 0 aliphatic carbocycles. The molecule has 6 rings (SSSR count). The van der Waals surface area contributed by atoms with Crippen molar-refractivity contribution in [2.45, 2.75) is 24.4 Å². The number of nitrogens with zero attached hydrogens (tertiary/aromatic N) is 2. The van der Waals surface area contributed by atoms with Gasteiger partial charge in [0.25, 0.3) is 11.6 Å². The molecule has 174 valence electrons. The Morgan fingerprint density at radius 2 is 2.00 bits per heavy atom. The van der Waals surface area contributed by atoms with Gasteiger partial charge >= 0.3 is 0 Å². The van der Waals surface area contributed by atoms with E-state index in [1.165, 1.54) is 25.3 Å². The van der Waals surface area contributed by atoms with Crippen LogP contribution < -0.4 is 19.9 Å². The highest BCUT2D eigenvalue weighted by Gasteiger charge is 2.78. The number of nitrogens with one attached hydrogen (secondary N) is 2. The molecular formula is C23H20ClN4O6+. The number of methoxy groups -OCH3 is 1. The number of carbonyl (C=O) groups is 3. The highest BCUT2D eigenvalue weighted by Crippen LogP contribution is 2.53. The summed E-state index contributed by atoms with van der Waals surface area (Å²) in [5.74, 6) is -2.87. The molecule has 3 amide bonds. The van der Waals surface area contributed by atoms with Crippen LogP contribution in [0.25, 0.3) is 0 Å². The zero-order valence-electron chi connectivity index (χ0n) is 18.0. The fourth-order valence-electron chi connectivity index (χ4n) is 6.64. The molecule has 0 aromatic heterocycles. The summed E-state index contributed by atoms with van der Waals surface area (Å²) >= 11 is 6.30. The van der Waals surface area contributed by atoms with Crippen molar-refractivity contribution in [2.24, 2.45) is 11.8 Å². The number of amides is 3. The number of ether oxygens (including phenoxy) is 1.